The van der Waals surface area contributed by atoms with Gasteiger partial charge in [0.25, 0.3) is 0 Å². The van der Waals surface area contributed by atoms with E-state index < -0.39 is 17.6 Å². The number of hydrogen-bond donors (Lipinski definition) is 1. The van der Waals surface area contributed by atoms with Crippen LogP contribution in [0.3, 0.4) is 0 Å². The number of aromatic nitrogens is 1. The van der Waals surface area contributed by atoms with Crippen molar-refractivity contribution in [2.24, 2.45) is 0 Å². The summed E-state index contributed by atoms with van der Waals surface area (Å²) < 4.78 is 34.3. The number of fused-ring (bicyclic) bond motifs is 1. The Morgan fingerprint density at radius 3 is 2.48 bits per heavy atom. The number of carbonyl (C=O) groups is 1. The average molecular weight is 438 g/mol. The number of ether oxygens (including phenoxy) is 1. The molecule has 4 aromatic rings. The maximum Gasteiger partial charge on any atom is 0.339 e. The second-order valence-electron chi connectivity index (χ2n) is 6.97. The summed E-state index contributed by atoms with van der Waals surface area (Å²) in [6, 6.07) is 16.7. The van der Waals surface area contributed by atoms with Crippen molar-refractivity contribution >= 4 is 34.3 Å². The molecule has 0 bridgehead atoms. The smallest absolute Gasteiger partial charge is 0.339 e. The number of nitrogens with one attached hydrogen (secondary N) is 1. The van der Waals surface area contributed by atoms with Gasteiger partial charge in [-0.15, -0.1) is 0 Å². The Morgan fingerprint density at radius 1 is 1.03 bits per heavy atom. The molecule has 0 fully saturated rings. The summed E-state index contributed by atoms with van der Waals surface area (Å²) in [5.74, 6) is -1.62. The van der Waals surface area contributed by atoms with Gasteiger partial charge in [-0.2, -0.15) is 0 Å². The van der Waals surface area contributed by atoms with E-state index in [9.17, 15) is 13.6 Å². The molecule has 7 heteroatoms. The molecule has 1 N–H and O–H groups in total. The van der Waals surface area contributed by atoms with Crippen LogP contribution in [0.15, 0.2) is 76.7 Å². The molecule has 1 aromatic heterocycles. The maximum atomic E-state index is 13.7. The largest absolute Gasteiger partial charge is 0.465 e. The second kappa shape index (κ2) is 8.81. The van der Waals surface area contributed by atoms with E-state index in [1.54, 1.807) is 12.1 Å². The number of carbonyl (C=O) groups excluding carboxylic acids is 1. The fourth-order valence-corrected chi connectivity index (χ4v) is 4.58. The zero-order valence-electron chi connectivity index (χ0n) is 17.0. The highest BCUT2D eigenvalue weighted by Crippen LogP contribution is 2.38. The van der Waals surface area contributed by atoms with Crippen LogP contribution in [0.2, 0.25) is 0 Å². The Kier molecular flexibility index (Phi) is 5.95. The highest BCUT2D eigenvalue weighted by molar-refractivity contribution is 7.99. The van der Waals surface area contributed by atoms with Crippen LogP contribution in [0, 0.1) is 11.6 Å². The summed E-state index contributed by atoms with van der Waals surface area (Å²) >= 11 is 1.45. The summed E-state index contributed by atoms with van der Waals surface area (Å²) in [5.41, 5.74) is 2.84. The minimum atomic E-state index is -0.607. The van der Waals surface area contributed by atoms with Crippen molar-refractivity contribution in [1.29, 1.82) is 0 Å². The van der Waals surface area contributed by atoms with Crippen LogP contribution in [0.25, 0.3) is 10.9 Å². The van der Waals surface area contributed by atoms with E-state index in [0.29, 0.717) is 17.7 Å². The van der Waals surface area contributed by atoms with Gasteiger partial charge in [-0.25, -0.2) is 13.6 Å². The summed E-state index contributed by atoms with van der Waals surface area (Å²) in [5, 5.41) is 4.09. The molecule has 0 unspecified atom stereocenters. The monoisotopic (exact) mass is 438 g/mol. The molecular weight excluding hydrogens is 418 g/mol. The van der Waals surface area contributed by atoms with E-state index in [1.807, 2.05) is 48.1 Å². The summed E-state index contributed by atoms with van der Waals surface area (Å²) in [6.45, 7) is 0.303. The van der Waals surface area contributed by atoms with Crippen LogP contribution in [-0.4, -0.2) is 24.7 Å². The van der Waals surface area contributed by atoms with Gasteiger partial charge in [0.1, 0.15) is 11.6 Å². The zero-order chi connectivity index (χ0) is 22.0. The first-order chi connectivity index (χ1) is 15.0. The molecule has 0 aliphatic rings. The normalized spacial score (nSPS) is 11.0. The highest BCUT2D eigenvalue weighted by atomic mass is 32.2. The van der Waals surface area contributed by atoms with Gasteiger partial charge in [-0.05, 0) is 48.0 Å². The van der Waals surface area contributed by atoms with E-state index in [1.165, 1.54) is 31.0 Å². The second-order valence-corrected chi connectivity index (χ2v) is 8.05. The van der Waals surface area contributed by atoms with Gasteiger partial charge in [0.2, 0.25) is 0 Å². The molecule has 31 heavy (non-hydrogen) atoms. The fourth-order valence-electron chi connectivity index (χ4n) is 3.48. The standard InChI is InChI=1S/C24H20F2N2O2S/c1-27-18-7-8-19-21(12-18)28(13-15-9-16(25)11-17(26)10-15)14-23(19)31-22-6-4-3-5-20(22)24(29)30-2/h3-12,14,27H,13H2,1-2H3. The minimum Gasteiger partial charge on any atom is -0.465 e. The predicted molar refractivity (Wildman–Crippen MR) is 119 cm³/mol. The molecule has 0 saturated heterocycles. The lowest BCUT2D eigenvalue weighted by Gasteiger charge is -2.07. The van der Waals surface area contributed by atoms with E-state index in [0.717, 1.165) is 32.4 Å². The first kappa shape index (κ1) is 20.9. The maximum absolute atomic E-state index is 13.7. The Morgan fingerprint density at radius 2 is 1.77 bits per heavy atom. The molecule has 1 heterocycles. The lowest BCUT2D eigenvalue weighted by Crippen LogP contribution is -2.02. The van der Waals surface area contributed by atoms with E-state index in [-0.39, 0.29) is 0 Å². The van der Waals surface area contributed by atoms with E-state index in [2.05, 4.69) is 5.32 Å². The molecule has 0 aliphatic carbocycles. The van der Waals surface area contributed by atoms with Crippen molar-refractivity contribution in [3.63, 3.8) is 0 Å². The van der Waals surface area contributed by atoms with E-state index in [4.69, 9.17) is 4.74 Å². The van der Waals surface area contributed by atoms with Gasteiger partial charge >= 0.3 is 5.97 Å². The van der Waals surface area contributed by atoms with Crippen LogP contribution in [0.4, 0.5) is 14.5 Å². The number of esters is 1. The van der Waals surface area contributed by atoms with Gasteiger partial charge in [0.15, 0.2) is 0 Å². The number of rotatable bonds is 6. The number of hydrogen-bond acceptors (Lipinski definition) is 4. The van der Waals surface area contributed by atoms with Gasteiger partial charge in [0, 0.05) is 46.7 Å². The van der Waals surface area contributed by atoms with Crippen LogP contribution < -0.4 is 5.32 Å². The Labute approximate surface area is 182 Å². The fraction of sp³-hybridized carbons (Fsp3) is 0.125. The SMILES string of the molecule is CNc1ccc2c(Sc3ccccc3C(=O)OC)cn(Cc3cc(F)cc(F)c3)c2c1. The van der Waals surface area contributed by atoms with Crippen molar-refractivity contribution in [3.05, 3.63) is 89.6 Å². The number of halogens is 2. The lowest BCUT2D eigenvalue weighted by molar-refractivity contribution is 0.0597. The predicted octanol–water partition coefficient (Wildman–Crippen LogP) is 5.95. The van der Waals surface area contributed by atoms with Gasteiger partial charge < -0.3 is 14.6 Å². The Hall–Kier alpha value is -3.32. The third-order valence-electron chi connectivity index (χ3n) is 4.92. The van der Waals surface area contributed by atoms with E-state index >= 15 is 0 Å². The van der Waals surface area contributed by atoms with Crippen LogP contribution >= 0.6 is 11.8 Å². The van der Waals surface area contributed by atoms with Crippen LogP contribution in [0.1, 0.15) is 15.9 Å². The molecule has 3 aromatic carbocycles. The molecular formula is C24H20F2N2O2S. The van der Waals surface area contributed by atoms with Crippen LogP contribution in [-0.2, 0) is 11.3 Å². The Bertz CT molecular complexity index is 1250. The highest BCUT2D eigenvalue weighted by Gasteiger charge is 2.16. The van der Waals surface area contributed by atoms with Gasteiger partial charge in [0.05, 0.1) is 18.2 Å². The molecule has 0 amide bonds. The number of nitrogens with zero attached hydrogens (tertiary/aromatic N) is 1. The minimum absolute atomic E-state index is 0.303. The quantitative estimate of drug-likeness (QED) is 0.378. The molecule has 0 atom stereocenters. The number of benzene rings is 3. The summed E-state index contributed by atoms with van der Waals surface area (Å²) in [4.78, 5) is 13.9. The average Bonchev–Trinajstić information content (AvgIpc) is 3.09. The third kappa shape index (κ3) is 4.41. The van der Waals surface area contributed by atoms with Crippen molar-refractivity contribution in [3.8, 4) is 0 Å². The molecule has 4 rings (SSSR count). The molecule has 0 radical (unpaired) electrons. The van der Waals surface area contributed by atoms with Crippen molar-refractivity contribution in [2.75, 3.05) is 19.5 Å². The topological polar surface area (TPSA) is 43.3 Å². The summed E-state index contributed by atoms with van der Waals surface area (Å²) in [7, 11) is 3.19. The van der Waals surface area contributed by atoms with Crippen molar-refractivity contribution < 1.29 is 18.3 Å². The number of anilines is 1. The molecule has 158 valence electrons. The van der Waals surface area contributed by atoms with Crippen molar-refractivity contribution in [2.45, 2.75) is 16.3 Å². The molecule has 4 nitrogen and oxygen atoms in total. The van der Waals surface area contributed by atoms with Crippen LogP contribution in [0.5, 0.6) is 0 Å². The van der Waals surface area contributed by atoms with Gasteiger partial charge in [-0.1, -0.05) is 23.9 Å². The van der Waals surface area contributed by atoms with Gasteiger partial charge in [-0.3, -0.25) is 0 Å². The van der Waals surface area contributed by atoms with Crippen molar-refractivity contribution in [1.82, 2.24) is 4.57 Å². The molecule has 0 spiro atoms. The Balaban J connectivity index is 1.79. The third-order valence-corrected chi connectivity index (χ3v) is 6.04. The lowest BCUT2D eigenvalue weighted by atomic mass is 10.2. The first-order valence-electron chi connectivity index (χ1n) is 9.59. The number of methoxy groups -OCH3 is 1. The molecule has 0 aliphatic heterocycles. The zero-order valence-corrected chi connectivity index (χ0v) is 17.8. The molecule has 0 saturated carbocycles. The summed E-state index contributed by atoms with van der Waals surface area (Å²) in [6.07, 6.45) is 1.94. The first-order valence-corrected chi connectivity index (χ1v) is 10.4.